The van der Waals surface area contributed by atoms with Crippen LogP contribution in [0, 0.1) is 24.2 Å². The number of nitrogens with zero attached hydrogens (tertiary/aromatic N) is 4. The highest BCUT2D eigenvalue weighted by Crippen LogP contribution is 2.54. The normalized spacial score (nSPS) is 20.3. The van der Waals surface area contributed by atoms with Crippen LogP contribution in [0.4, 0.5) is 5.82 Å². The molecule has 3 fully saturated rings. The number of carbonyl (C=O) groups is 2. The molecule has 1 aliphatic carbocycles. The van der Waals surface area contributed by atoms with E-state index in [1.165, 1.54) is 6.20 Å². The summed E-state index contributed by atoms with van der Waals surface area (Å²) in [4.78, 5) is 33.1. The van der Waals surface area contributed by atoms with Gasteiger partial charge in [0.05, 0.1) is 42.0 Å². The summed E-state index contributed by atoms with van der Waals surface area (Å²) in [5.41, 5.74) is 1.94. The van der Waals surface area contributed by atoms with Gasteiger partial charge in [-0.05, 0) is 42.8 Å². The highest BCUT2D eigenvalue weighted by Gasteiger charge is 2.55. The number of ether oxygens (including phenoxy) is 2. The van der Waals surface area contributed by atoms with Gasteiger partial charge in [-0.3, -0.25) is 14.3 Å². The second kappa shape index (κ2) is 10.2. The number of anilines is 1. The van der Waals surface area contributed by atoms with Crippen molar-refractivity contribution in [2.45, 2.75) is 31.9 Å². The molecule has 2 saturated heterocycles. The van der Waals surface area contributed by atoms with E-state index in [0.29, 0.717) is 49.4 Å². The SMILES string of the molecule is Cc1cc(C#Cc2cccs2)cnc1NC(=O)c1c(Cl)cnn1C1CC2(C1)CN(C(=O)C1COCCO1)C2. The second-order valence-corrected chi connectivity index (χ2v) is 11.4. The molecule has 38 heavy (non-hydrogen) atoms. The van der Waals surface area contributed by atoms with Crippen molar-refractivity contribution >= 4 is 40.6 Å². The quantitative estimate of drug-likeness (QED) is 0.498. The minimum absolute atomic E-state index is 0.00707. The lowest BCUT2D eigenvalue weighted by Crippen LogP contribution is -2.66. The van der Waals surface area contributed by atoms with Crippen molar-refractivity contribution < 1.29 is 19.1 Å². The van der Waals surface area contributed by atoms with Crippen molar-refractivity contribution in [1.82, 2.24) is 19.7 Å². The summed E-state index contributed by atoms with van der Waals surface area (Å²) in [5.74, 6) is 6.30. The van der Waals surface area contributed by atoms with Crippen LogP contribution in [0.1, 0.15) is 45.4 Å². The van der Waals surface area contributed by atoms with Crippen LogP contribution in [0.25, 0.3) is 0 Å². The molecule has 11 heteroatoms. The number of carbonyl (C=O) groups excluding carboxylic acids is 2. The van der Waals surface area contributed by atoms with Gasteiger partial charge in [0.2, 0.25) is 0 Å². The zero-order chi connectivity index (χ0) is 26.3. The van der Waals surface area contributed by atoms with Crippen LogP contribution in [0.15, 0.2) is 36.0 Å². The summed E-state index contributed by atoms with van der Waals surface area (Å²) in [5, 5.41) is 9.56. The van der Waals surface area contributed by atoms with Gasteiger partial charge >= 0.3 is 0 Å². The third kappa shape index (κ3) is 4.83. The molecule has 2 amide bonds. The molecule has 5 heterocycles. The monoisotopic (exact) mass is 551 g/mol. The summed E-state index contributed by atoms with van der Waals surface area (Å²) < 4.78 is 12.6. The molecule has 0 radical (unpaired) electrons. The van der Waals surface area contributed by atoms with Crippen molar-refractivity contribution in [2.75, 3.05) is 38.2 Å². The maximum atomic E-state index is 13.2. The van der Waals surface area contributed by atoms with Crippen LogP contribution in [-0.2, 0) is 14.3 Å². The zero-order valence-electron chi connectivity index (χ0n) is 20.8. The molecule has 196 valence electrons. The molecule has 9 nitrogen and oxygen atoms in total. The van der Waals surface area contributed by atoms with Crippen LogP contribution in [0.5, 0.6) is 0 Å². The van der Waals surface area contributed by atoms with Gasteiger partial charge in [-0.2, -0.15) is 5.10 Å². The Morgan fingerprint density at radius 2 is 2.08 bits per heavy atom. The highest BCUT2D eigenvalue weighted by molar-refractivity contribution is 7.10. The molecule has 0 aromatic carbocycles. The average Bonchev–Trinajstić information content (AvgIpc) is 3.53. The van der Waals surface area contributed by atoms with Gasteiger partial charge in [0.25, 0.3) is 11.8 Å². The number of hydrogen-bond acceptors (Lipinski definition) is 7. The minimum Gasteiger partial charge on any atom is -0.376 e. The van der Waals surface area contributed by atoms with Crippen LogP contribution in [0.3, 0.4) is 0 Å². The Labute approximate surface area is 229 Å². The predicted molar refractivity (Wildman–Crippen MR) is 142 cm³/mol. The molecule has 1 N–H and O–H groups in total. The molecule has 3 aliphatic rings. The number of likely N-dealkylation sites (tertiary alicyclic amines) is 1. The fourth-order valence-electron chi connectivity index (χ4n) is 5.38. The summed E-state index contributed by atoms with van der Waals surface area (Å²) in [6, 6.07) is 5.86. The smallest absolute Gasteiger partial charge is 0.276 e. The first-order valence-electron chi connectivity index (χ1n) is 12.5. The highest BCUT2D eigenvalue weighted by atomic mass is 35.5. The van der Waals surface area contributed by atoms with Crippen molar-refractivity contribution in [3.05, 3.63) is 62.7 Å². The average molecular weight is 552 g/mol. The Morgan fingerprint density at radius 1 is 1.24 bits per heavy atom. The summed E-state index contributed by atoms with van der Waals surface area (Å²) in [6.07, 6.45) is 4.29. The summed E-state index contributed by atoms with van der Waals surface area (Å²) in [7, 11) is 0. The lowest BCUT2D eigenvalue weighted by molar-refractivity contribution is -0.177. The number of thiophene rings is 1. The van der Waals surface area contributed by atoms with Crippen molar-refractivity contribution in [2.24, 2.45) is 5.41 Å². The maximum absolute atomic E-state index is 13.2. The van der Waals surface area contributed by atoms with E-state index in [9.17, 15) is 9.59 Å². The summed E-state index contributed by atoms with van der Waals surface area (Å²) in [6.45, 7) is 4.54. The summed E-state index contributed by atoms with van der Waals surface area (Å²) >= 11 is 7.98. The van der Waals surface area contributed by atoms with Gasteiger partial charge in [0.15, 0.2) is 6.10 Å². The Kier molecular flexibility index (Phi) is 6.70. The van der Waals surface area contributed by atoms with Crippen molar-refractivity contribution in [3.63, 3.8) is 0 Å². The third-order valence-electron chi connectivity index (χ3n) is 7.27. The molecule has 2 aliphatic heterocycles. The standard InChI is InChI=1S/C27H26ClN5O4S/c1-17-9-18(4-5-20-3-2-8-38-20)12-29-24(17)31-25(34)23-21(28)13-30-33(23)19-10-27(11-19)15-32(16-27)26(35)22-14-36-6-7-37-22/h2-3,8-9,12-13,19,22H,6-7,10-11,14-16H2,1H3,(H,29,31,34). The van der Waals surface area contributed by atoms with Crippen molar-refractivity contribution in [1.29, 1.82) is 0 Å². The van der Waals surface area contributed by atoms with Gasteiger partial charge in [-0.15, -0.1) is 11.3 Å². The number of aryl methyl sites for hydroxylation is 1. The fraction of sp³-hybridized carbons (Fsp3) is 0.407. The Morgan fingerprint density at radius 3 is 2.79 bits per heavy atom. The molecular weight excluding hydrogens is 526 g/mol. The Balaban J connectivity index is 1.08. The molecule has 3 aromatic heterocycles. The first kappa shape index (κ1) is 25.1. The fourth-order valence-corrected chi connectivity index (χ4v) is 6.17. The molecule has 3 aromatic rings. The van der Waals surface area contributed by atoms with E-state index in [0.717, 1.165) is 28.8 Å². The Hall–Kier alpha value is -3.23. The number of hydrogen-bond donors (Lipinski definition) is 1. The maximum Gasteiger partial charge on any atom is 0.276 e. The van der Waals surface area contributed by atoms with Gasteiger partial charge in [-0.1, -0.05) is 29.5 Å². The second-order valence-electron chi connectivity index (χ2n) is 10.0. The minimum atomic E-state index is -0.503. The van der Waals surface area contributed by atoms with E-state index in [1.807, 2.05) is 35.4 Å². The van der Waals surface area contributed by atoms with Crippen LogP contribution in [-0.4, -0.2) is 70.5 Å². The molecule has 1 spiro atoms. The first-order chi connectivity index (χ1) is 18.4. The van der Waals surface area contributed by atoms with E-state index < -0.39 is 6.10 Å². The number of amides is 2. The van der Waals surface area contributed by atoms with Crippen molar-refractivity contribution in [3.8, 4) is 11.8 Å². The molecule has 1 unspecified atom stereocenters. The van der Waals surface area contributed by atoms with Gasteiger partial charge in [0, 0.05) is 30.3 Å². The predicted octanol–water partition coefficient (Wildman–Crippen LogP) is 3.53. The lowest BCUT2D eigenvalue weighted by atomic mass is 9.60. The van der Waals surface area contributed by atoms with E-state index in [4.69, 9.17) is 21.1 Å². The number of pyridine rings is 1. The first-order valence-corrected chi connectivity index (χ1v) is 13.7. The molecular formula is C27H26ClN5O4S. The van der Waals surface area contributed by atoms with Crippen LogP contribution in [0.2, 0.25) is 5.02 Å². The molecule has 0 bridgehead atoms. The van der Waals surface area contributed by atoms with E-state index in [1.54, 1.807) is 22.2 Å². The lowest BCUT2D eigenvalue weighted by Gasteiger charge is -2.59. The number of nitrogens with one attached hydrogen (secondary N) is 1. The molecule has 1 saturated carbocycles. The zero-order valence-corrected chi connectivity index (χ0v) is 22.3. The van der Waals surface area contributed by atoms with Crippen LogP contribution >= 0.6 is 22.9 Å². The Bertz CT molecular complexity index is 1420. The largest absolute Gasteiger partial charge is 0.376 e. The van der Waals surface area contributed by atoms with E-state index >= 15 is 0 Å². The van der Waals surface area contributed by atoms with E-state index in [-0.39, 0.29) is 23.3 Å². The van der Waals surface area contributed by atoms with Gasteiger partial charge in [0.1, 0.15) is 11.5 Å². The van der Waals surface area contributed by atoms with Gasteiger partial charge in [-0.25, -0.2) is 4.98 Å². The number of aromatic nitrogens is 3. The topological polar surface area (TPSA) is 98.6 Å². The molecule has 6 rings (SSSR count). The van der Waals surface area contributed by atoms with Gasteiger partial charge < -0.3 is 19.7 Å². The number of rotatable bonds is 4. The van der Waals surface area contributed by atoms with Crippen LogP contribution < -0.4 is 5.32 Å². The van der Waals surface area contributed by atoms with E-state index in [2.05, 4.69) is 27.2 Å². The number of halogens is 1. The third-order valence-corrected chi connectivity index (χ3v) is 8.33. The molecule has 1 atom stereocenters.